The van der Waals surface area contributed by atoms with Crippen LogP contribution in [0.15, 0.2) is 22.7 Å². The van der Waals surface area contributed by atoms with Crippen LogP contribution in [0.3, 0.4) is 0 Å². The predicted molar refractivity (Wildman–Crippen MR) is 55.8 cm³/mol. The minimum absolute atomic E-state index is 0.256. The lowest BCUT2D eigenvalue weighted by atomic mass is 10.1. The summed E-state index contributed by atoms with van der Waals surface area (Å²) < 4.78 is 18.1. The summed E-state index contributed by atoms with van der Waals surface area (Å²) in [6.45, 7) is 3.50. The van der Waals surface area contributed by atoms with Gasteiger partial charge in [-0.1, -0.05) is 17.3 Å². The molecular weight excluding hydrogens is 195 g/mol. The number of rotatable bonds is 1. The van der Waals surface area contributed by atoms with Gasteiger partial charge in [0, 0.05) is 11.1 Å². The van der Waals surface area contributed by atoms with E-state index < -0.39 is 0 Å². The van der Waals surface area contributed by atoms with Crippen molar-refractivity contribution in [2.45, 2.75) is 13.8 Å². The second-order valence-electron chi connectivity index (χ2n) is 3.48. The first kappa shape index (κ1) is 9.71. The Bertz CT molecular complexity index is 505. The molecule has 0 atom stereocenters. The Balaban J connectivity index is 2.55. The minimum Gasteiger partial charge on any atom is -0.367 e. The second-order valence-corrected chi connectivity index (χ2v) is 3.48. The van der Waals surface area contributed by atoms with Gasteiger partial charge in [-0.3, -0.25) is 0 Å². The van der Waals surface area contributed by atoms with E-state index in [2.05, 4.69) is 5.16 Å². The maximum absolute atomic E-state index is 13.3. The van der Waals surface area contributed by atoms with E-state index in [1.54, 1.807) is 26.0 Å². The molecule has 0 unspecified atom stereocenters. The first-order valence-electron chi connectivity index (χ1n) is 4.58. The molecule has 0 aliphatic rings. The molecule has 1 aromatic heterocycles. The Labute approximate surface area is 86.7 Å². The van der Waals surface area contributed by atoms with Crippen molar-refractivity contribution >= 4 is 5.88 Å². The summed E-state index contributed by atoms with van der Waals surface area (Å²) >= 11 is 0. The molecule has 4 heteroatoms. The van der Waals surface area contributed by atoms with Crippen LogP contribution in [0.1, 0.15) is 11.1 Å². The van der Waals surface area contributed by atoms with Gasteiger partial charge in [0.25, 0.3) is 0 Å². The summed E-state index contributed by atoms with van der Waals surface area (Å²) in [7, 11) is 0. The van der Waals surface area contributed by atoms with Gasteiger partial charge in [0.05, 0.1) is 0 Å². The van der Waals surface area contributed by atoms with Crippen LogP contribution >= 0.6 is 0 Å². The third-order valence-electron chi connectivity index (χ3n) is 2.41. The van der Waals surface area contributed by atoms with Crippen LogP contribution in [-0.2, 0) is 0 Å². The Morgan fingerprint density at radius 2 is 2.07 bits per heavy atom. The molecular formula is C11H11FN2O. The van der Waals surface area contributed by atoms with Gasteiger partial charge < -0.3 is 10.3 Å². The lowest BCUT2D eigenvalue weighted by Crippen LogP contribution is -1.87. The zero-order chi connectivity index (χ0) is 11.0. The molecule has 2 rings (SSSR count). The number of nitrogen functional groups attached to an aromatic ring is 1. The van der Waals surface area contributed by atoms with Crippen molar-refractivity contribution in [3.05, 3.63) is 35.1 Å². The summed E-state index contributed by atoms with van der Waals surface area (Å²) in [5.74, 6) is 0.0134. The van der Waals surface area contributed by atoms with Gasteiger partial charge in [-0.25, -0.2) is 4.39 Å². The highest BCUT2D eigenvalue weighted by molar-refractivity contribution is 5.66. The van der Waals surface area contributed by atoms with E-state index in [1.807, 2.05) is 0 Å². The molecule has 0 bridgehead atoms. The predicted octanol–water partition coefficient (Wildman–Crippen LogP) is 2.68. The number of nitrogens with two attached hydrogens (primary N) is 1. The summed E-state index contributed by atoms with van der Waals surface area (Å²) in [4.78, 5) is 0. The first-order valence-corrected chi connectivity index (χ1v) is 4.58. The highest BCUT2D eigenvalue weighted by atomic mass is 19.1. The fourth-order valence-corrected chi connectivity index (χ4v) is 1.36. The largest absolute Gasteiger partial charge is 0.367 e. The minimum atomic E-state index is -0.256. The maximum Gasteiger partial charge on any atom is 0.225 e. The fraction of sp³-hybridized carbons (Fsp3) is 0.182. The van der Waals surface area contributed by atoms with E-state index in [4.69, 9.17) is 10.3 Å². The highest BCUT2D eigenvalue weighted by Crippen LogP contribution is 2.27. The number of aromatic nitrogens is 1. The number of hydrogen-bond donors (Lipinski definition) is 1. The molecule has 0 fully saturated rings. The molecule has 78 valence electrons. The SMILES string of the molecule is Cc1ccc(-c2noc(N)c2C)cc1F. The van der Waals surface area contributed by atoms with Crippen LogP contribution in [0.5, 0.6) is 0 Å². The van der Waals surface area contributed by atoms with E-state index in [0.29, 0.717) is 16.8 Å². The van der Waals surface area contributed by atoms with Crippen LogP contribution in [0.2, 0.25) is 0 Å². The van der Waals surface area contributed by atoms with Crippen LogP contribution in [0, 0.1) is 19.7 Å². The molecule has 0 saturated carbocycles. The van der Waals surface area contributed by atoms with Crippen molar-refractivity contribution in [1.29, 1.82) is 0 Å². The van der Waals surface area contributed by atoms with E-state index in [9.17, 15) is 4.39 Å². The Hall–Kier alpha value is -1.84. The number of anilines is 1. The molecule has 15 heavy (non-hydrogen) atoms. The Morgan fingerprint density at radius 3 is 2.60 bits per heavy atom. The lowest BCUT2D eigenvalue weighted by Gasteiger charge is -2.00. The molecule has 3 nitrogen and oxygen atoms in total. The molecule has 0 aliphatic carbocycles. The topological polar surface area (TPSA) is 52.0 Å². The quantitative estimate of drug-likeness (QED) is 0.780. The molecule has 0 radical (unpaired) electrons. The fourth-order valence-electron chi connectivity index (χ4n) is 1.36. The number of aryl methyl sites for hydroxylation is 1. The summed E-state index contributed by atoms with van der Waals surface area (Å²) in [5, 5.41) is 3.79. The van der Waals surface area contributed by atoms with E-state index >= 15 is 0 Å². The van der Waals surface area contributed by atoms with Gasteiger partial charge >= 0.3 is 0 Å². The van der Waals surface area contributed by atoms with Gasteiger partial charge in [0.1, 0.15) is 11.5 Å². The molecule has 0 amide bonds. The average Bonchev–Trinajstić information content (AvgIpc) is 2.53. The van der Waals surface area contributed by atoms with Crippen molar-refractivity contribution in [3.8, 4) is 11.3 Å². The van der Waals surface area contributed by atoms with Gasteiger partial charge in [-0.2, -0.15) is 0 Å². The monoisotopic (exact) mass is 206 g/mol. The molecule has 0 spiro atoms. The molecule has 0 aliphatic heterocycles. The Kier molecular flexibility index (Phi) is 2.19. The van der Waals surface area contributed by atoms with Crippen molar-refractivity contribution < 1.29 is 8.91 Å². The van der Waals surface area contributed by atoms with Crippen molar-refractivity contribution in [2.75, 3.05) is 5.73 Å². The zero-order valence-corrected chi connectivity index (χ0v) is 8.54. The Morgan fingerprint density at radius 1 is 1.33 bits per heavy atom. The second kappa shape index (κ2) is 3.38. The molecule has 2 N–H and O–H groups in total. The molecule has 0 saturated heterocycles. The molecule has 1 heterocycles. The normalized spacial score (nSPS) is 10.6. The van der Waals surface area contributed by atoms with Gasteiger partial charge in [0.2, 0.25) is 5.88 Å². The smallest absolute Gasteiger partial charge is 0.225 e. The van der Waals surface area contributed by atoms with Gasteiger partial charge in [-0.15, -0.1) is 0 Å². The van der Waals surface area contributed by atoms with E-state index in [-0.39, 0.29) is 11.7 Å². The maximum atomic E-state index is 13.3. The standard InChI is InChI=1S/C11H11FN2O/c1-6-3-4-8(5-9(6)12)10-7(2)11(13)15-14-10/h3-5H,13H2,1-2H3. The number of hydrogen-bond acceptors (Lipinski definition) is 3. The molecule has 2 aromatic rings. The summed E-state index contributed by atoms with van der Waals surface area (Å²) in [6.07, 6.45) is 0. The lowest BCUT2D eigenvalue weighted by molar-refractivity contribution is 0.439. The summed E-state index contributed by atoms with van der Waals surface area (Å²) in [5.41, 5.74) is 8.13. The van der Waals surface area contributed by atoms with Crippen molar-refractivity contribution in [2.24, 2.45) is 0 Å². The van der Waals surface area contributed by atoms with E-state index in [1.165, 1.54) is 6.07 Å². The highest BCUT2D eigenvalue weighted by Gasteiger charge is 2.12. The van der Waals surface area contributed by atoms with Crippen molar-refractivity contribution in [1.82, 2.24) is 5.16 Å². The number of benzene rings is 1. The van der Waals surface area contributed by atoms with E-state index in [0.717, 1.165) is 5.56 Å². The van der Waals surface area contributed by atoms with Gasteiger partial charge in [-0.05, 0) is 25.5 Å². The average molecular weight is 206 g/mol. The van der Waals surface area contributed by atoms with Crippen LogP contribution in [0.25, 0.3) is 11.3 Å². The van der Waals surface area contributed by atoms with Crippen LogP contribution < -0.4 is 5.73 Å². The summed E-state index contributed by atoms with van der Waals surface area (Å²) in [6, 6.07) is 4.93. The van der Waals surface area contributed by atoms with Crippen molar-refractivity contribution in [3.63, 3.8) is 0 Å². The third-order valence-corrected chi connectivity index (χ3v) is 2.41. The first-order chi connectivity index (χ1) is 7.09. The van der Waals surface area contributed by atoms with Crippen LogP contribution in [-0.4, -0.2) is 5.16 Å². The zero-order valence-electron chi connectivity index (χ0n) is 8.54. The van der Waals surface area contributed by atoms with Gasteiger partial charge in [0.15, 0.2) is 0 Å². The third kappa shape index (κ3) is 1.58. The number of nitrogens with zero attached hydrogens (tertiary/aromatic N) is 1. The number of halogens is 1. The molecule has 1 aromatic carbocycles. The van der Waals surface area contributed by atoms with Crippen LogP contribution in [0.4, 0.5) is 10.3 Å².